The minimum absolute atomic E-state index is 0.0127. The molecular formula is C39H73NO5. The Bertz CT molecular complexity index is 693. The van der Waals surface area contributed by atoms with E-state index in [2.05, 4.69) is 43.0 Å². The van der Waals surface area contributed by atoms with E-state index in [1.54, 1.807) is 0 Å². The van der Waals surface area contributed by atoms with Crippen molar-refractivity contribution in [1.29, 1.82) is 0 Å². The average Bonchev–Trinajstić information content (AvgIpc) is 3.03. The minimum atomic E-state index is -0.663. The van der Waals surface area contributed by atoms with Crippen molar-refractivity contribution in [2.24, 2.45) is 5.90 Å². The molecule has 2 N–H and O–H groups in total. The molecule has 0 aromatic heterocycles. The second-order valence-corrected chi connectivity index (χ2v) is 12.8. The summed E-state index contributed by atoms with van der Waals surface area (Å²) in [5.74, 6) is 4.66. The van der Waals surface area contributed by atoms with Gasteiger partial charge in [-0.1, -0.05) is 141 Å². The van der Waals surface area contributed by atoms with Crippen molar-refractivity contribution >= 4 is 11.9 Å². The molecule has 1 unspecified atom stereocenters. The third-order valence-electron chi connectivity index (χ3n) is 8.30. The summed E-state index contributed by atoms with van der Waals surface area (Å²) in [5, 5.41) is 0. The van der Waals surface area contributed by atoms with Crippen molar-refractivity contribution in [2.75, 3.05) is 13.2 Å². The molecule has 0 bridgehead atoms. The van der Waals surface area contributed by atoms with Gasteiger partial charge in [0.1, 0.15) is 13.2 Å². The molecule has 0 fully saturated rings. The molecule has 1 atom stereocenters. The highest BCUT2D eigenvalue weighted by atomic mass is 16.6. The van der Waals surface area contributed by atoms with Crippen LogP contribution in [0.5, 0.6) is 0 Å². The molecule has 0 rings (SSSR count). The zero-order chi connectivity index (χ0) is 32.9. The van der Waals surface area contributed by atoms with Crippen LogP contribution in [0.25, 0.3) is 0 Å². The van der Waals surface area contributed by atoms with Crippen LogP contribution in [0.1, 0.15) is 194 Å². The van der Waals surface area contributed by atoms with E-state index in [9.17, 15) is 9.59 Å². The van der Waals surface area contributed by atoms with E-state index in [0.29, 0.717) is 12.8 Å². The summed E-state index contributed by atoms with van der Waals surface area (Å²) in [6, 6.07) is 0. The molecule has 0 amide bonds. The van der Waals surface area contributed by atoms with Gasteiger partial charge in [0.15, 0.2) is 6.10 Å². The molecular weight excluding hydrogens is 562 g/mol. The van der Waals surface area contributed by atoms with Crippen molar-refractivity contribution in [3.63, 3.8) is 0 Å². The minimum Gasteiger partial charge on any atom is -0.462 e. The number of unbranched alkanes of at least 4 members (excludes halogenated alkanes) is 22. The van der Waals surface area contributed by atoms with Gasteiger partial charge in [-0.05, 0) is 64.2 Å². The number of hydrogen-bond acceptors (Lipinski definition) is 6. The van der Waals surface area contributed by atoms with Crippen LogP contribution in [0.4, 0.5) is 0 Å². The van der Waals surface area contributed by atoms with Gasteiger partial charge in [-0.2, -0.15) is 0 Å². The third-order valence-corrected chi connectivity index (χ3v) is 8.30. The first-order chi connectivity index (χ1) is 22.1. The molecule has 0 aromatic carbocycles. The highest BCUT2D eigenvalue weighted by molar-refractivity contribution is 5.70. The summed E-state index contributed by atoms with van der Waals surface area (Å²) in [4.78, 5) is 29.1. The largest absolute Gasteiger partial charge is 0.462 e. The predicted molar refractivity (Wildman–Crippen MR) is 190 cm³/mol. The van der Waals surface area contributed by atoms with Crippen LogP contribution < -0.4 is 5.90 Å². The molecule has 6 heteroatoms. The average molecular weight is 636 g/mol. The first-order valence-corrected chi connectivity index (χ1v) is 19.1. The van der Waals surface area contributed by atoms with E-state index in [1.807, 2.05) is 0 Å². The lowest BCUT2D eigenvalue weighted by Gasteiger charge is -2.17. The molecule has 264 valence electrons. The molecule has 6 nitrogen and oxygen atoms in total. The Morgan fingerprint density at radius 1 is 0.489 bits per heavy atom. The van der Waals surface area contributed by atoms with E-state index in [4.69, 9.17) is 15.4 Å². The monoisotopic (exact) mass is 636 g/mol. The maximum Gasteiger partial charge on any atom is 0.306 e. The van der Waals surface area contributed by atoms with E-state index >= 15 is 0 Å². The lowest BCUT2D eigenvalue weighted by Crippen LogP contribution is -2.30. The van der Waals surface area contributed by atoms with Gasteiger partial charge in [0.05, 0.1) is 0 Å². The molecule has 0 spiro atoms. The fourth-order valence-electron chi connectivity index (χ4n) is 5.41. The van der Waals surface area contributed by atoms with E-state index < -0.39 is 6.10 Å². The molecule has 0 aliphatic heterocycles. The molecule has 45 heavy (non-hydrogen) atoms. The van der Waals surface area contributed by atoms with E-state index in [-0.39, 0.29) is 25.2 Å². The Hall–Kier alpha value is -1.66. The third kappa shape index (κ3) is 35.0. The standard InChI is InChI=1S/C39H73NO5/c1-3-5-7-9-11-13-15-17-19-21-23-25-27-29-31-33-38(41)43-35-37(36-44-40)45-39(42)34-32-30-28-26-24-22-20-18-16-14-12-10-8-6-4-2/h17-20,37H,3-16,21-36,40H2,1-2H3/b19-17-,20-18-. The van der Waals surface area contributed by atoms with Gasteiger partial charge in [0.25, 0.3) is 0 Å². The topological polar surface area (TPSA) is 87.8 Å². The number of carbonyl (C=O) groups is 2. The second-order valence-electron chi connectivity index (χ2n) is 12.8. The van der Waals surface area contributed by atoms with Crippen LogP contribution in [-0.4, -0.2) is 31.3 Å². The van der Waals surface area contributed by atoms with Gasteiger partial charge in [-0.25, -0.2) is 5.90 Å². The summed E-state index contributed by atoms with van der Waals surface area (Å²) in [5.41, 5.74) is 0. The summed E-state index contributed by atoms with van der Waals surface area (Å²) in [7, 11) is 0. The van der Waals surface area contributed by atoms with E-state index in [1.165, 1.54) is 116 Å². The number of carbonyl (C=O) groups excluding carboxylic acids is 2. The Balaban J connectivity index is 3.68. The maximum atomic E-state index is 12.3. The Labute approximate surface area is 278 Å². The molecule has 0 aliphatic rings. The van der Waals surface area contributed by atoms with Crippen molar-refractivity contribution in [2.45, 2.75) is 200 Å². The second kappa shape index (κ2) is 36.8. The number of esters is 2. The van der Waals surface area contributed by atoms with Gasteiger partial charge >= 0.3 is 11.9 Å². The zero-order valence-corrected chi connectivity index (χ0v) is 29.7. The van der Waals surface area contributed by atoms with Crippen molar-refractivity contribution in [3.8, 4) is 0 Å². The van der Waals surface area contributed by atoms with Gasteiger partial charge in [0.2, 0.25) is 0 Å². The normalized spacial score (nSPS) is 12.3. The zero-order valence-electron chi connectivity index (χ0n) is 29.7. The quantitative estimate of drug-likeness (QED) is 0.0322. The number of hydrogen-bond donors (Lipinski definition) is 1. The van der Waals surface area contributed by atoms with Crippen molar-refractivity contribution in [3.05, 3.63) is 24.3 Å². The summed E-state index contributed by atoms with van der Waals surface area (Å²) < 4.78 is 10.8. The van der Waals surface area contributed by atoms with E-state index in [0.717, 1.165) is 51.4 Å². The molecule has 0 aliphatic carbocycles. The Kier molecular flexibility index (Phi) is 35.4. The van der Waals surface area contributed by atoms with Gasteiger partial charge < -0.3 is 14.3 Å². The molecule has 0 saturated heterocycles. The van der Waals surface area contributed by atoms with Crippen LogP contribution >= 0.6 is 0 Å². The Morgan fingerprint density at radius 2 is 0.844 bits per heavy atom. The maximum absolute atomic E-state index is 12.3. The SMILES string of the molecule is CCCCCCCC/C=C\CCCCCCCC(=O)OCC(CON)OC(=O)CCCCCCC/C=C\CCCCCCCC. The summed E-state index contributed by atoms with van der Waals surface area (Å²) in [6.45, 7) is 4.52. The summed E-state index contributed by atoms with van der Waals surface area (Å²) >= 11 is 0. The summed E-state index contributed by atoms with van der Waals surface area (Å²) in [6.07, 6.45) is 41.1. The fourth-order valence-corrected chi connectivity index (χ4v) is 5.41. The number of ether oxygens (including phenoxy) is 2. The molecule has 0 saturated carbocycles. The van der Waals surface area contributed by atoms with Crippen LogP contribution in [0.3, 0.4) is 0 Å². The van der Waals surface area contributed by atoms with Gasteiger partial charge in [-0.15, -0.1) is 0 Å². The number of nitrogens with two attached hydrogens (primary N) is 1. The van der Waals surface area contributed by atoms with Gasteiger partial charge in [0, 0.05) is 12.8 Å². The first kappa shape index (κ1) is 43.3. The lowest BCUT2D eigenvalue weighted by molar-refractivity contribution is -0.163. The molecule has 0 radical (unpaired) electrons. The first-order valence-electron chi connectivity index (χ1n) is 19.1. The van der Waals surface area contributed by atoms with Crippen LogP contribution in [-0.2, 0) is 23.9 Å². The van der Waals surface area contributed by atoms with Crippen LogP contribution in [0, 0.1) is 0 Å². The molecule has 0 heterocycles. The number of rotatable bonds is 35. The number of allylic oxidation sites excluding steroid dienone is 4. The highest BCUT2D eigenvalue weighted by Gasteiger charge is 2.17. The smallest absolute Gasteiger partial charge is 0.306 e. The Morgan fingerprint density at radius 3 is 1.24 bits per heavy atom. The fraction of sp³-hybridized carbons (Fsp3) is 0.846. The molecule has 0 aromatic rings. The van der Waals surface area contributed by atoms with Crippen LogP contribution in [0.2, 0.25) is 0 Å². The highest BCUT2D eigenvalue weighted by Crippen LogP contribution is 2.13. The predicted octanol–water partition coefficient (Wildman–Crippen LogP) is 11.4. The lowest BCUT2D eigenvalue weighted by atomic mass is 10.1. The van der Waals surface area contributed by atoms with Crippen LogP contribution in [0.15, 0.2) is 24.3 Å². The van der Waals surface area contributed by atoms with Crippen molar-refractivity contribution in [1.82, 2.24) is 0 Å². The van der Waals surface area contributed by atoms with Crippen molar-refractivity contribution < 1.29 is 23.9 Å². The van der Waals surface area contributed by atoms with Gasteiger partial charge in [-0.3, -0.25) is 9.59 Å².